The van der Waals surface area contributed by atoms with E-state index in [-0.39, 0.29) is 4.90 Å². The van der Waals surface area contributed by atoms with Crippen LogP contribution in [0.2, 0.25) is 5.02 Å². The predicted molar refractivity (Wildman–Crippen MR) is 110 cm³/mol. The van der Waals surface area contributed by atoms with Gasteiger partial charge in [-0.15, -0.1) is 0 Å². The van der Waals surface area contributed by atoms with E-state index in [2.05, 4.69) is 18.2 Å². The molecule has 2 N–H and O–H groups in total. The predicted octanol–water partition coefficient (Wildman–Crippen LogP) is 5.43. The van der Waals surface area contributed by atoms with Crippen molar-refractivity contribution in [3.63, 3.8) is 0 Å². The van der Waals surface area contributed by atoms with Crippen molar-refractivity contribution in [3.05, 3.63) is 90.0 Å². The van der Waals surface area contributed by atoms with Gasteiger partial charge in [-0.2, -0.15) is 0 Å². The molecule has 0 aliphatic heterocycles. The molecule has 134 valence electrons. The second-order valence-electron chi connectivity index (χ2n) is 6.29. The highest BCUT2D eigenvalue weighted by Crippen LogP contribution is 2.44. The van der Waals surface area contributed by atoms with Gasteiger partial charge in [0.25, 0.3) is 0 Å². The molecule has 0 fully saturated rings. The first-order chi connectivity index (χ1) is 12.9. The van der Waals surface area contributed by atoms with Crippen molar-refractivity contribution < 1.29 is 8.42 Å². The first kappa shape index (κ1) is 17.7. The third-order valence-electron chi connectivity index (χ3n) is 4.52. The van der Waals surface area contributed by atoms with E-state index in [0.717, 1.165) is 33.4 Å². The van der Waals surface area contributed by atoms with Crippen LogP contribution in [0.15, 0.2) is 89.8 Å². The van der Waals surface area contributed by atoms with E-state index < -0.39 is 10.0 Å². The van der Waals surface area contributed by atoms with Gasteiger partial charge in [0.1, 0.15) is 0 Å². The number of nitrogens with two attached hydrogens (primary N) is 1. The second-order valence-corrected chi connectivity index (χ2v) is 8.29. The van der Waals surface area contributed by atoms with E-state index in [9.17, 15) is 8.42 Å². The molecule has 0 spiro atoms. The van der Waals surface area contributed by atoms with Crippen LogP contribution in [0.1, 0.15) is 0 Å². The number of halogens is 1. The summed E-state index contributed by atoms with van der Waals surface area (Å²) in [5, 5.41) is 5.88. The molecule has 0 bridgehead atoms. The topological polar surface area (TPSA) is 60.2 Å². The smallest absolute Gasteiger partial charge is 0.225 e. The van der Waals surface area contributed by atoms with Gasteiger partial charge in [0.2, 0.25) is 10.0 Å². The first-order valence-corrected chi connectivity index (χ1v) is 10.3. The molecular weight excluding hydrogens is 378 g/mol. The molecule has 2 aliphatic rings. The van der Waals surface area contributed by atoms with E-state index in [1.807, 2.05) is 42.5 Å². The molecule has 4 rings (SSSR count). The molecule has 0 unspecified atom stereocenters. The van der Waals surface area contributed by atoms with Crippen LogP contribution >= 0.6 is 11.6 Å². The zero-order chi connectivity index (χ0) is 19.0. The lowest BCUT2D eigenvalue weighted by Crippen LogP contribution is -2.11. The van der Waals surface area contributed by atoms with Crippen LogP contribution in [0, 0.1) is 0 Å². The molecule has 2 aliphatic carbocycles. The first-order valence-electron chi connectivity index (χ1n) is 8.34. The number of sulfonamides is 1. The molecule has 2 aromatic carbocycles. The molecule has 0 atom stereocenters. The molecule has 2 aromatic rings. The molecule has 0 radical (unpaired) electrons. The highest BCUT2D eigenvalue weighted by molar-refractivity contribution is 7.89. The average molecular weight is 394 g/mol. The number of primary sulfonamides is 1. The SMILES string of the molecule is NS(=O)(=O)c1ccc(-c2cc3cccccc-3c2-c2cccc(Cl)c2)cc1. The van der Waals surface area contributed by atoms with Crippen molar-refractivity contribution >= 4 is 21.6 Å². The Morgan fingerprint density at radius 3 is 2.07 bits per heavy atom. The van der Waals surface area contributed by atoms with Crippen molar-refractivity contribution in [1.29, 1.82) is 0 Å². The van der Waals surface area contributed by atoms with Gasteiger partial charge >= 0.3 is 0 Å². The normalized spacial score (nSPS) is 11.6. The van der Waals surface area contributed by atoms with E-state index in [1.54, 1.807) is 12.1 Å². The van der Waals surface area contributed by atoms with Crippen LogP contribution in [0.3, 0.4) is 0 Å². The van der Waals surface area contributed by atoms with Gasteiger partial charge in [0.15, 0.2) is 0 Å². The van der Waals surface area contributed by atoms with Crippen LogP contribution in [0.5, 0.6) is 0 Å². The molecule has 0 aromatic heterocycles. The van der Waals surface area contributed by atoms with Gasteiger partial charge in [-0.3, -0.25) is 0 Å². The highest BCUT2D eigenvalue weighted by Gasteiger charge is 2.18. The lowest BCUT2D eigenvalue weighted by molar-refractivity contribution is 0.598. The number of hydrogen-bond acceptors (Lipinski definition) is 2. The maximum absolute atomic E-state index is 11.5. The van der Waals surface area contributed by atoms with Crippen LogP contribution < -0.4 is 5.14 Å². The Morgan fingerprint density at radius 1 is 0.667 bits per heavy atom. The molecule has 5 heteroatoms. The number of benzene rings is 2. The Balaban J connectivity index is 1.98. The maximum atomic E-state index is 11.5. The van der Waals surface area contributed by atoms with Gasteiger partial charge < -0.3 is 0 Å². The fourth-order valence-electron chi connectivity index (χ4n) is 3.29. The van der Waals surface area contributed by atoms with Crippen molar-refractivity contribution in [1.82, 2.24) is 0 Å². The summed E-state index contributed by atoms with van der Waals surface area (Å²) >= 11 is 6.23. The summed E-state index contributed by atoms with van der Waals surface area (Å²) < 4.78 is 23.1. The summed E-state index contributed by atoms with van der Waals surface area (Å²) in [7, 11) is -3.72. The minimum Gasteiger partial charge on any atom is -0.225 e. The third kappa shape index (κ3) is 3.47. The van der Waals surface area contributed by atoms with Crippen LogP contribution in [-0.4, -0.2) is 8.42 Å². The van der Waals surface area contributed by atoms with Crippen LogP contribution in [0.4, 0.5) is 0 Å². The van der Waals surface area contributed by atoms with Crippen molar-refractivity contribution in [2.75, 3.05) is 0 Å². The molecule has 27 heavy (non-hydrogen) atoms. The second kappa shape index (κ2) is 6.82. The fourth-order valence-corrected chi connectivity index (χ4v) is 4.00. The molecular formula is C22H16ClNO2S. The monoisotopic (exact) mass is 393 g/mol. The van der Waals surface area contributed by atoms with Gasteiger partial charge in [-0.1, -0.05) is 66.2 Å². The van der Waals surface area contributed by atoms with Crippen LogP contribution in [0.25, 0.3) is 33.4 Å². The Hall–Kier alpha value is -2.66. The molecule has 0 heterocycles. The van der Waals surface area contributed by atoms with E-state index in [0.29, 0.717) is 5.02 Å². The van der Waals surface area contributed by atoms with Crippen molar-refractivity contribution in [3.8, 4) is 33.4 Å². The Bertz CT molecular complexity index is 1200. The van der Waals surface area contributed by atoms with Crippen molar-refractivity contribution in [2.45, 2.75) is 4.90 Å². The average Bonchev–Trinajstić information content (AvgIpc) is 2.84. The van der Waals surface area contributed by atoms with Crippen LogP contribution in [-0.2, 0) is 10.0 Å². The summed E-state index contributed by atoms with van der Waals surface area (Å²) in [6, 6.07) is 26.6. The zero-order valence-electron chi connectivity index (χ0n) is 14.3. The quantitative estimate of drug-likeness (QED) is 0.504. The zero-order valence-corrected chi connectivity index (χ0v) is 15.8. The number of hydrogen-bond donors (Lipinski definition) is 1. The summed E-state index contributed by atoms with van der Waals surface area (Å²) in [5.74, 6) is 0. The summed E-state index contributed by atoms with van der Waals surface area (Å²) in [6.45, 7) is 0. The summed E-state index contributed by atoms with van der Waals surface area (Å²) in [4.78, 5) is 0.0954. The third-order valence-corrected chi connectivity index (χ3v) is 5.68. The minimum absolute atomic E-state index is 0.0954. The number of rotatable bonds is 3. The summed E-state index contributed by atoms with van der Waals surface area (Å²) in [6.07, 6.45) is 0. The molecule has 0 saturated heterocycles. The van der Waals surface area contributed by atoms with Gasteiger partial charge in [-0.25, -0.2) is 13.6 Å². The van der Waals surface area contributed by atoms with E-state index in [4.69, 9.17) is 16.7 Å². The minimum atomic E-state index is -3.72. The highest BCUT2D eigenvalue weighted by atomic mass is 35.5. The lowest BCUT2D eigenvalue weighted by atomic mass is 9.96. The molecule has 0 amide bonds. The van der Waals surface area contributed by atoms with Gasteiger partial charge in [0, 0.05) is 5.02 Å². The molecule has 3 nitrogen and oxygen atoms in total. The Morgan fingerprint density at radius 2 is 1.37 bits per heavy atom. The van der Waals surface area contributed by atoms with E-state index in [1.165, 1.54) is 12.1 Å². The van der Waals surface area contributed by atoms with Crippen molar-refractivity contribution in [2.24, 2.45) is 5.14 Å². The fraction of sp³-hybridized carbons (Fsp3) is 0. The maximum Gasteiger partial charge on any atom is 0.238 e. The lowest BCUT2D eigenvalue weighted by Gasteiger charge is -2.09. The number of fused-ring (bicyclic) bond motifs is 1. The largest absolute Gasteiger partial charge is 0.238 e. The Labute approximate surface area is 163 Å². The van der Waals surface area contributed by atoms with Gasteiger partial charge in [-0.05, 0) is 63.7 Å². The molecule has 0 saturated carbocycles. The van der Waals surface area contributed by atoms with E-state index >= 15 is 0 Å². The standard InChI is InChI=1S/C22H16ClNO2S/c23-18-7-4-6-17(13-18)22-20-8-3-1-2-5-16(20)14-21(22)15-9-11-19(12-10-15)27(24,25)26/h1-14H,(H2,24,25,26). The van der Waals surface area contributed by atoms with Gasteiger partial charge in [0.05, 0.1) is 4.90 Å². The summed E-state index contributed by atoms with van der Waals surface area (Å²) in [5.41, 5.74) is 6.20. The Kier molecular flexibility index (Phi) is 4.48.